The third kappa shape index (κ3) is 6.05. The van der Waals surface area contributed by atoms with E-state index < -0.39 is 5.82 Å². The zero-order valence-electron chi connectivity index (χ0n) is 19.0. The number of hydrogen-bond acceptors (Lipinski definition) is 8. The molecule has 0 bridgehead atoms. The van der Waals surface area contributed by atoms with Crippen molar-refractivity contribution >= 4 is 23.6 Å². The van der Waals surface area contributed by atoms with Crippen LogP contribution in [0.4, 0.5) is 16.0 Å². The summed E-state index contributed by atoms with van der Waals surface area (Å²) in [5, 5.41) is 3.41. The summed E-state index contributed by atoms with van der Waals surface area (Å²) in [6.07, 6.45) is 8.96. The van der Waals surface area contributed by atoms with E-state index in [9.17, 15) is 4.39 Å². The van der Waals surface area contributed by atoms with Gasteiger partial charge < -0.3 is 14.8 Å². The van der Waals surface area contributed by atoms with Gasteiger partial charge in [-0.1, -0.05) is 37.5 Å². The summed E-state index contributed by atoms with van der Waals surface area (Å²) >= 11 is 1.41. The SMILES string of the molecule is Fc1cc(NSc2ccccc2)ccc1Oc1ncccc1-c1ncnc(NC2CCCCC2)n1. The first-order chi connectivity index (χ1) is 17.2. The first-order valence-electron chi connectivity index (χ1n) is 11.6. The summed E-state index contributed by atoms with van der Waals surface area (Å²) in [5.41, 5.74) is 1.18. The van der Waals surface area contributed by atoms with Crippen LogP contribution < -0.4 is 14.8 Å². The second kappa shape index (κ2) is 11.1. The predicted molar refractivity (Wildman–Crippen MR) is 136 cm³/mol. The molecule has 0 amide bonds. The van der Waals surface area contributed by atoms with Crippen LogP contribution in [0.2, 0.25) is 0 Å². The van der Waals surface area contributed by atoms with Crippen molar-refractivity contribution in [3.8, 4) is 23.0 Å². The predicted octanol–water partition coefficient (Wildman–Crippen LogP) is 6.73. The third-order valence-electron chi connectivity index (χ3n) is 5.69. The molecule has 1 aliphatic carbocycles. The number of nitrogens with one attached hydrogen (secondary N) is 2. The van der Waals surface area contributed by atoms with Gasteiger partial charge >= 0.3 is 0 Å². The van der Waals surface area contributed by atoms with Crippen LogP contribution in [0.5, 0.6) is 11.6 Å². The highest BCUT2D eigenvalue weighted by atomic mass is 32.2. The lowest BCUT2D eigenvalue weighted by Gasteiger charge is -2.22. The van der Waals surface area contributed by atoms with E-state index in [1.165, 1.54) is 43.6 Å². The van der Waals surface area contributed by atoms with Gasteiger partial charge in [-0.3, -0.25) is 0 Å². The number of nitrogens with zero attached hydrogens (tertiary/aromatic N) is 4. The maximum Gasteiger partial charge on any atom is 0.230 e. The van der Waals surface area contributed by atoms with Crippen molar-refractivity contribution in [3.63, 3.8) is 0 Å². The van der Waals surface area contributed by atoms with Gasteiger partial charge in [0.1, 0.15) is 6.33 Å². The normalized spacial score (nSPS) is 13.9. The minimum Gasteiger partial charge on any atom is -0.435 e. The molecule has 0 aliphatic heterocycles. The number of aromatic nitrogens is 4. The largest absolute Gasteiger partial charge is 0.435 e. The van der Waals surface area contributed by atoms with Crippen molar-refractivity contribution < 1.29 is 9.13 Å². The van der Waals surface area contributed by atoms with E-state index >= 15 is 0 Å². The molecule has 2 heterocycles. The molecule has 0 spiro atoms. The summed E-state index contributed by atoms with van der Waals surface area (Å²) in [6.45, 7) is 0. The minimum absolute atomic E-state index is 0.0646. The Bertz CT molecular complexity index is 1270. The second-order valence-electron chi connectivity index (χ2n) is 8.23. The van der Waals surface area contributed by atoms with Crippen LogP contribution in [0.3, 0.4) is 0 Å². The van der Waals surface area contributed by atoms with E-state index in [0.717, 1.165) is 17.7 Å². The average Bonchev–Trinajstić information content (AvgIpc) is 2.90. The molecule has 2 N–H and O–H groups in total. The number of hydrogen-bond donors (Lipinski definition) is 2. The fourth-order valence-electron chi connectivity index (χ4n) is 3.93. The van der Waals surface area contributed by atoms with Gasteiger partial charge in [0.05, 0.1) is 5.56 Å². The van der Waals surface area contributed by atoms with Gasteiger partial charge in [0.25, 0.3) is 0 Å². The standard InChI is InChI=1S/C26H25FN6OS/c27-22-16-19(33-35-20-10-5-2-6-11-20)13-14-23(22)34-25-21(12-7-15-28-25)24-29-17-30-26(32-24)31-18-8-3-1-4-9-18/h2,5-7,10-18,33H,1,3-4,8-9H2,(H,29,30,31,32). The molecule has 1 aliphatic rings. The van der Waals surface area contributed by atoms with Crippen molar-refractivity contribution in [1.29, 1.82) is 0 Å². The molecule has 0 saturated heterocycles. The van der Waals surface area contributed by atoms with Crippen LogP contribution in [0.25, 0.3) is 11.4 Å². The summed E-state index contributed by atoms with van der Waals surface area (Å²) < 4.78 is 23.9. The smallest absolute Gasteiger partial charge is 0.230 e. The highest BCUT2D eigenvalue weighted by molar-refractivity contribution is 8.00. The molecule has 1 saturated carbocycles. The van der Waals surface area contributed by atoms with Crippen molar-refractivity contribution in [3.05, 3.63) is 79.0 Å². The molecule has 35 heavy (non-hydrogen) atoms. The van der Waals surface area contributed by atoms with E-state index in [4.69, 9.17) is 4.74 Å². The molecular weight excluding hydrogens is 463 g/mol. The number of rotatable bonds is 8. The summed E-state index contributed by atoms with van der Waals surface area (Å²) in [6, 6.07) is 18.5. The Morgan fingerprint density at radius 3 is 2.60 bits per heavy atom. The van der Waals surface area contributed by atoms with Crippen LogP contribution >= 0.6 is 11.9 Å². The van der Waals surface area contributed by atoms with E-state index in [1.54, 1.807) is 30.5 Å². The van der Waals surface area contributed by atoms with Gasteiger partial charge in [-0.05, 0) is 61.2 Å². The Morgan fingerprint density at radius 2 is 1.77 bits per heavy atom. The number of pyridine rings is 1. The molecule has 7 nitrogen and oxygen atoms in total. The lowest BCUT2D eigenvalue weighted by molar-refractivity contribution is 0.429. The zero-order chi connectivity index (χ0) is 23.9. The average molecular weight is 489 g/mol. The third-order valence-corrected chi connectivity index (χ3v) is 6.54. The van der Waals surface area contributed by atoms with Crippen LogP contribution in [-0.4, -0.2) is 26.0 Å². The van der Waals surface area contributed by atoms with Gasteiger partial charge in [-0.15, -0.1) is 0 Å². The molecule has 0 atom stereocenters. The van der Waals surface area contributed by atoms with Crippen LogP contribution in [0.1, 0.15) is 32.1 Å². The Labute approximate surface area is 207 Å². The maximum atomic E-state index is 14.9. The Kier molecular flexibility index (Phi) is 7.33. The second-order valence-corrected chi connectivity index (χ2v) is 9.11. The molecule has 4 aromatic rings. The molecule has 0 unspecified atom stereocenters. The Balaban J connectivity index is 1.31. The summed E-state index contributed by atoms with van der Waals surface area (Å²) in [4.78, 5) is 18.5. The van der Waals surface area contributed by atoms with Crippen LogP contribution in [-0.2, 0) is 0 Å². The zero-order valence-corrected chi connectivity index (χ0v) is 19.8. The lowest BCUT2D eigenvalue weighted by Crippen LogP contribution is -2.23. The van der Waals surface area contributed by atoms with Crippen molar-refractivity contribution in [1.82, 2.24) is 19.9 Å². The molecule has 178 valence electrons. The quantitative estimate of drug-likeness (QED) is 0.264. The van der Waals surface area contributed by atoms with E-state index in [2.05, 4.69) is 30.0 Å². The number of halogens is 1. The maximum absolute atomic E-state index is 14.9. The van der Waals surface area contributed by atoms with Gasteiger partial charge in [-0.2, -0.15) is 4.98 Å². The highest BCUT2D eigenvalue weighted by Crippen LogP contribution is 2.33. The van der Waals surface area contributed by atoms with Gasteiger partial charge in [0.15, 0.2) is 17.4 Å². The number of ether oxygens (including phenoxy) is 1. The fourth-order valence-corrected chi connectivity index (χ4v) is 4.58. The van der Waals surface area contributed by atoms with Crippen molar-refractivity contribution in [2.24, 2.45) is 0 Å². The van der Waals surface area contributed by atoms with Gasteiger partial charge in [0, 0.05) is 28.9 Å². The molecule has 1 fully saturated rings. The van der Waals surface area contributed by atoms with E-state index in [0.29, 0.717) is 29.1 Å². The Hall–Kier alpha value is -3.72. The minimum atomic E-state index is -0.504. The first kappa shape index (κ1) is 23.0. The molecule has 9 heteroatoms. The highest BCUT2D eigenvalue weighted by Gasteiger charge is 2.17. The van der Waals surface area contributed by atoms with Crippen LogP contribution in [0.15, 0.2) is 78.1 Å². The summed E-state index contributed by atoms with van der Waals surface area (Å²) in [7, 11) is 0. The monoisotopic (exact) mass is 488 g/mol. The molecule has 5 rings (SSSR count). The van der Waals surface area contributed by atoms with Crippen LogP contribution in [0, 0.1) is 5.82 Å². The molecular formula is C26H25FN6OS. The molecule has 2 aromatic carbocycles. The fraction of sp³-hybridized carbons (Fsp3) is 0.231. The van der Waals surface area contributed by atoms with Crippen molar-refractivity contribution in [2.75, 3.05) is 10.0 Å². The number of benzene rings is 2. The Morgan fingerprint density at radius 1 is 0.914 bits per heavy atom. The summed E-state index contributed by atoms with van der Waals surface area (Å²) in [5.74, 6) is 0.722. The van der Waals surface area contributed by atoms with Crippen molar-refractivity contribution in [2.45, 2.75) is 43.0 Å². The topological polar surface area (TPSA) is 84.8 Å². The lowest BCUT2D eigenvalue weighted by atomic mass is 9.96. The first-order valence-corrected chi connectivity index (χ1v) is 12.4. The van der Waals surface area contributed by atoms with Gasteiger partial charge in [0.2, 0.25) is 11.8 Å². The van der Waals surface area contributed by atoms with E-state index in [-0.39, 0.29) is 11.6 Å². The van der Waals surface area contributed by atoms with E-state index in [1.807, 2.05) is 30.3 Å². The number of anilines is 2. The molecule has 2 aromatic heterocycles. The van der Waals surface area contributed by atoms with Gasteiger partial charge in [-0.25, -0.2) is 19.3 Å². The molecule has 0 radical (unpaired) electrons.